The van der Waals surface area contributed by atoms with Gasteiger partial charge in [0.15, 0.2) is 0 Å². The second kappa shape index (κ2) is 3.98. The van der Waals surface area contributed by atoms with Crippen molar-refractivity contribution in [3.8, 4) is 0 Å². The fourth-order valence-corrected chi connectivity index (χ4v) is 1.78. The Morgan fingerprint density at radius 2 is 2.00 bits per heavy atom. The van der Waals surface area contributed by atoms with Gasteiger partial charge in [-0.05, 0) is 6.42 Å². The SMILES string of the molecule is O=C1CN(C(=O)C2CCOC2)CC(=O)N1. The van der Waals surface area contributed by atoms with Crippen LogP contribution in [0.3, 0.4) is 0 Å². The number of hydrogen-bond donors (Lipinski definition) is 1. The maximum Gasteiger partial charge on any atom is 0.246 e. The van der Waals surface area contributed by atoms with Gasteiger partial charge in [-0.3, -0.25) is 19.7 Å². The van der Waals surface area contributed by atoms with Crippen LogP contribution in [-0.2, 0) is 19.1 Å². The smallest absolute Gasteiger partial charge is 0.246 e. The molecule has 0 bridgehead atoms. The first-order valence-electron chi connectivity index (χ1n) is 4.86. The summed E-state index contributed by atoms with van der Waals surface area (Å²) in [5, 5.41) is 2.15. The van der Waals surface area contributed by atoms with Crippen LogP contribution in [0.4, 0.5) is 0 Å². The van der Waals surface area contributed by atoms with Crippen LogP contribution < -0.4 is 5.32 Å². The number of carbonyl (C=O) groups is 3. The van der Waals surface area contributed by atoms with E-state index in [0.29, 0.717) is 19.6 Å². The van der Waals surface area contributed by atoms with Gasteiger partial charge in [-0.2, -0.15) is 0 Å². The molecule has 1 unspecified atom stereocenters. The fraction of sp³-hybridized carbons (Fsp3) is 0.667. The second-order valence-electron chi connectivity index (χ2n) is 3.73. The summed E-state index contributed by atoms with van der Waals surface area (Å²) in [7, 11) is 0. The average molecular weight is 212 g/mol. The molecule has 2 rings (SSSR count). The number of nitrogens with zero attached hydrogens (tertiary/aromatic N) is 1. The Bertz CT molecular complexity index is 293. The Hall–Kier alpha value is -1.43. The maximum absolute atomic E-state index is 11.8. The van der Waals surface area contributed by atoms with Crippen molar-refractivity contribution in [2.24, 2.45) is 5.92 Å². The second-order valence-corrected chi connectivity index (χ2v) is 3.73. The molecule has 2 aliphatic heterocycles. The van der Waals surface area contributed by atoms with E-state index in [1.54, 1.807) is 0 Å². The van der Waals surface area contributed by atoms with Crippen molar-refractivity contribution >= 4 is 17.7 Å². The van der Waals surface area contributed by atoms with Crippen LogP contribution >= 0.6 is 0 Å². The van der Waals surface area contributed by atoms with Gasteiger partial charge in [0.25, 0.3) is 0 Å². The van der Waals surface area contributed by atoms with E-state index in [2.05, 4.69) is 5.32 Å². The number of nitrogens with one attached hydrogen (secondary N) is 1. The third-order valence-electron chi connectivity index (χ3n) is 2.54. The number of piperazine rings is 1. The molecule has 1 atom stereocenters. The fourth-order valence-electron chi connectivity index (χ4n) is 1.78. The first-order chi connectivity index (χ1) is 7.16. The lowest BCUT2D eigenvalue weighted by Crippen LogP contribution is -2.54. The van der Waals surface area contributed by atoms with E-state index < -0.39 is 11.8 Å². The van der Waals surface area contributed by atoms with Crippen LogP contribution in [0.15, 0.2) is 0 Å². The molecule has 0 radical (unpaired) electrons. The molecule has 0 aromatic carbocycles. The van der Waals surface area contributed by atoms with E-state index in [1.807, 2.05) is 0 Å². The van der Waals surface area contributed by atoms with Crippen molar-refractivity contribution in [1.82, 2.24) is 10.2 Å². The maximum atomic E-state index is 11.8. The quantitative estimate of drug-likeness (QED) is 0.537. The monoisotopic (exact) mass is 212 g/mol. The molecule has 0 aromatic rings. The van der Waals surface area contributed by atoms with Crippen LogP contribution in [-0.4, -0.2) is 48.9 Å². The summed E-state index contributed by atoms with van der Waals surface area (Å²) in [5.74, 6) is -1.18. The van der Waals surface area contributed by atoms with Crippen LogP contribution in [0.25, 0.3) is 0 Å². The molecule has 2 fully saturated rings. The van der Waals surface area contributed by atoms with E-state index in [4.69, 9.17) is 4.74 Å². The zero-order valence-corrected chi connectivity index (χ0v) is 8.19. The standard InChI is InChI=1S/C9H12N2O4/c12-7-3-11(4-8(13)10-7)9(14)6-1-2-15-5-6/h6H,1-5H2,(H,10,12,13). The Labute approximate surface area is 86.6 Å². The Kier molecular flexibility index (Phi) is 2.68. The van der Waals surface area contributed by atoms with Gasteiger partial charge in [0.05, 0.1) is 12.5 Å². The van der Waals surface area contributed by atoms with Gasteiger partial charge in [-0.1, -0.05) is 0 Å². The lowest BCUT2D eigenvalue weighted by Gasteiger charge is -2.27. The Morgan fingerprint density at radius 1 is 1.33 bits per heavy atom. The third-order valence-corrected chi connectivity index (χ3v) is 2.54. The van der Waals surface area contributed by atoms with Crippen molar-refractivity contribution in [3.05, 3.63) is 0 Å². The highest BCUT2D eigenvalue weighted by Gasteiger charge is 2.32. The summed E-state index contributed by atoms with van der Waals surface area (Å²) in [6, 6.07) is 0. The molecule has 0 aliphatic carbocycles. The molecule has 3 amide bonds. The van der Waals surface area contributed by atoms with Gasteiger partial charge >= 0.3 is 0 Å². The Balaban J connectivity index is 1.99. The lowest BCUT2D eigenvalue weighted by atomic mass is 10.1. The largest absolute Gasteiger partial charge is 0.381 e. The molecule has 6 nitrogen and oxygen atoms in total. The molecule has 2 heterocycles. The summed E-state index contributed by atoms with van der Waals surface area (Å²) in [4.78, 5) is 35.2. The van der Waals surface area contributed by atoms with Crippen LogP contribution in [0.2, 0.25) is 0 Å². The number of rotatable bonds is 1. The zero-order valence-electron chi connectivity index (χ0n) is 8.19. The van der Waals surface area contributed by atoms with E-state index in [-0.39, 0.29) is 24.9 Å². The summed E-state index contributed by atoms with van der Waals surface area (Å²) < 4.78 is 5.09. The Morgan fingerprint density at radius 3 is 2.53 bits per heavy atom. The predicted octanol–water partition coefficient (Wildman–Crippen LogP) is -1.49. The summed E-state index contributed by atoms with van der Waals surface area (Å²) in [5.41, 5.74) is 0. The highest BCUT2D eigenvalue weighted by Crippen LogP contribution is 2.15. The highest BCUT2D eigenvalue weighted by molar-refractivity contribution is 6.02. The number of imide groups is 1. The topological polar surface area (TPSA) is 75.7 Å². The third kappa shape index (κ3) is 2.15. The van der Waals surface area contributed by atoms with Gasteiger partial charge in [0, 0.05) is 6.61 Å². The van der Waals surface area contributed by atoms with Crippen molar-refractivity contribution in [3.63, 3.8) is 0 Å². The molecule has 2 saturated heterocycles. The van der Waals surface area contributed by atoms with Crippen molar-refractivity contribution < 1.29 is 19.1 Å². The van der Waals surface area contributed by atoms with E-state index in [9.17, 15) is 14.4 Å². The summed E-state index contributed by atoms with van der Waals surface area (Å²) >= 11 is 0. The minimum Gasteiger partial charge on any atom is -0.381 e. The minimum absolute atomic E-state index is 0.0267. The van der Waals surface area contributed by atoms with Crippen molar-refractivity contribution in [2.75, 3.05) is 26.3 Å². The molecule has 2 aliphatic rings. The number of amides is 3. The molecule has 0 saturated carbocycles. The highest BCUT2D eigenvalue weighted by atomic mass is 16.5. The summed E-state index contributed by atoms with van der Waals surface area (Å²) in [6.07, 6.45) is 0.672. The zero-order chi connectivity index (χ0) is 10.8. The number of ether oxygens (including phenoxy) is 1. The van der Waals surface area contributed by atoms with Crippen molar-refractivity contribution in [2.45, 2.75) is 6.42 Å². The van der Waals surface area contributed by atoms with Gasteiger partial charge in [-0.25, -0.2) is 0 Å². The molecule has 0 aromatic heterocycles. The molecule has 15 heavy (non-hydrogen) atoms. The van der Waals surface area contributed by atoms with E-state index >= 15 is 0 Å². The number of hydrogen-bond acceptors (Lipinski definition) is 4. The first-order valence-corrected chi connectivity index (χ1v) is 4.86. The molecular formula is C9H12N2O4. The van der Waals surface area contributed by atoms with Crippen LogP contribution in [0, 0.1) is 5.92 Å². The van der Waals surface area contributed by atoms with Crippen molar-refractivity contribution in [1.29, 1.82) is 0 Å². The molecule has 0 spiro atoms. The van der Waals surface area contributed by atoms with E-state index in [0.717, 1.165) is 0 Å². The van der Waals surface area contributed by atoms with Crippen LogP contribution in [0.1, 0.15) is 6.42 Å². The number of carbonyl (C=O) groups excluding carboxylic acids is 3. The molecule has 1 N–H and O–H groups in total. The lowest BCUT2D eigenvalue weighted by molar-refractivity contribution is -0.147. The van der Waals surface area contributed by atoms with Gasteiger partial charge in [0.2, 0.25) is 17.7 Å². The minimum atomic E-state index is -0.418. The van der Waals surface area contributed by atoms with E-state index in [1.165, 1.54) is 4.90 Å². The van der Waals surface area contributed by atoms with Gasteiger partial charge in [0.1, 0.15) is 13.1 Å². The van der Waals surface area contributed by atoms with Gasteiger partial charge in [-0.15, -0.1) is 0 Å². The summed E-state index contributed by atoms with van der Waals surface area (Å²) in [6.45, 7) is 0.914. The molecule has 6 heteroatoms. The van der Waals surface area contributed by atoms with Gasteiger partial charge < -0.3 is 9.64 Å². The molecular weight excluding hydrogens is 200 g/mol. The first kappa shape index (κ1) is 10.1. The molecule has 82 valence electrons. The average Bonchev–Trinajstić information content (AvgIpc) is 2.67. The predicted molar refractivity (Wildman–Crippen MR) is 48.7 cm³/mol. The normalized spacial score (nSPS) is 26.7. The van der Waals surface area contributed by atoms with Crippen LogP contribution in [0.5, 0.6) is 0 Å².